The molecule has 0 saturated heterocycles. The number of rotatable bonds is 11. The molecule has 3 aromatic rings. The van der Waals surface area contributed by atoms with Gasteiger partial charge in [0.2, 0.25) is 5.95 Å². The van der Waals surface area contributed by atoms with Crippen LogP contribution >= 0.6 is 0 Å². The smallest absolute Gasteiger partial charge is 0.335 e. The Labute approximate surface area is 231 Å². The van der Waals surface area contributed by atoms with Gasteiger partial charge in [-0.25, -0.2) is 19.6 Å². The highest BCUT2D eigenvalue weighted by Crippen LogP contribution is 2.24. The molecule has 0 aliphatic heterocycles. The number of carbonyl (C=O) groups excluding carboxylic acids is 3. The number of anilines is 2. The van der Waals surface area contributed by atoms with E-state index >= 15 is 0 Å². The van der Waals surface area contributed by atoms with E-state index in [2.05, 4.69) is 30.6 Å². The van der Waals surface area contributed by atoms with Gasteiger partial charge in [0.1, 0.15) is 11.6 Å². The summed E-state index contributed by atoms with van der Waals surface area (Å²) in [6.45, 7) is 0.0222. The summed E-state index contributed by atoms with van der Waals surface area (Å²) in [4.78, 5) is 76.8. The standard InChI is InChI=1S/C24H27N9O8/c1-32(2)11-12(22(36)40-3)7-16(23(37)41-4)29-20(34)15-6-5-13(8-17(15)33(38)39)26-9-14-10-27-19-18(28-14)21(35)31-24(25)30-19/h5-6,8,10-11,16,26H,7,9H2,1-4H3,(H,29,34)(H3,25,27,30,31,35). The monoisotopic (exact) mass is 569 g/mol. The lowest BCUT2D eigenvalue weighted by molar-refractivity contribution is -0.385. The second kappa shape index (κ2) is 13.0. The SMILES string of the molecule is COC(=O)C(=CN(C)C)CC(NC(=O)c1ccc(NCc2cnc3nc(N)[nH]c(=O)c3n2)cc1[N+](=O)[O-])C(=O)OC. The zero-order valence-corrected chi connectivity index (χ0v) is 22.5. The molecule has 0 radical (unpaired) electrons. The highest BCUT2D eigenvalue weighted by atomic mass is 16.6. The van der Waals surface area contributed by atoms with E-state index in [0.29, 0.717) is 5.69 Å². The number of nitro benzene ring substituents is 1. The summed E-state index contributed by atoms with van der Waals surface area (Å²) < 4.78 is 9.48. The summed E-state index contributed by atoms with van der Waals surface area (Å²) in [6, 6.07) is 2.38. The zero-order valence-electron chi connectivity index (χ0n) is 22.5. The number of benzene rings is 1. The number of hydrogen-bond donors (Lipinski definition) is 4. The lowest BCUT2D eigenvalue weighted by atomic mass is 10.1. The first kappa shape index (κ1) is 29.9. The van der Waals surface area contributed by atoms with E-state index in [4.69, 9.17) is 15.2 Å². The summed E-state index contributed by atoms with van der Waals surface area (Å²) >= 11 is 0. The van der Waals surface area contributed by atoms with Crippen molar-refractivity contribution in [1.29, 1.82) is 0 Å². The third kappa shape index (κ3) is 7.49. The van der Waals surface area contributed by atoms with E-state index in [1.54, 1.807) is 19.0 Å². The molecular weight excluding hydrogens is 542 g/mol. The number of nitrogens with two attached hydrogens (primary N) is 1. The van der Waals surface area contributed by atoms with E-state index in [1.807, 2.05) is 0 Å². The number of H-pyrrole nitrogens is 1. The lowest BCUT2D eigenvalue weighted by Gasteiger charge is -2.19. The number of ether oxygens (including phenoxy) is 2. The van der Waals surface area contributed by atoms with Gasteiger partial charge in [0.05, 0.1) is 43.2 Å². The van der Waals surface area contributed by atoms with Crippen molar-refractivity contribution < 1.29 is 28.8 Å². The molecule has 1 atom stereocenters. The number of esters is 2. The van der Waals surface area contributed by atoms with Crippen molar-refractivity contribution >= 4 is 46.3 Å². The maximum absolute atomic E-state index is 13.1. The fourth-order valence-electron chi connectivity index (χ4n) is 3.66. The van der Waals surface area contributed by atoms with Gasteiger partial charge >= 0.3 is 11.9 Å². The number of nitrogens with one attached hydrogen (secondary N) is 3. The third-order valence-electron chi connectivity index (χ3n) is 5.48. The van der Waals surface area contributed by atoms with Crippen LogP contribution in [0.2, 0.25) is 0 Å². The van der Waals surface area contributed by atoms with Crippen molar-refractivity contribution in [3.63, 3.8) is 0 Å². The van der Waals surface area contributed by atoms with Crippen LogP contribution in [0.15, 0.2) is 41.0 Å². The fraction of sp³-hybridized carbons (Fsp3) is 0.292. The largest absolute Gasteiger partial charge is 0.467 e. The fourth-order valence-corrected chi connectivity index (χ4v) is 3.66. The Morgan fingerprint density at radius 2 is 1.95 bits per heavy atom. The summed E-state index contributed by atoms with van der Waals surface area (Å²) in [6.07, 6.45) is 2.48. The normalized spacial score (nSPS) is 11.9. The molecule has 17 nitrogen and oxygen atoms in total. The number of carbonyl (C=O) groups is 3. The second-order valence-electron chi connectivity index (χ2n) is 8.69. The van der Waals surface area contributed by atoms with Crippen molar-refractivity contribution in [2.24, 2.45) is 0 Å². The molecular formula is C24H27N9O8. The second-order valence-corrected chi connectivity index (χ2v) is 8.69. The number of fused-ring (bicyclic) bond motifs is 1. The maximum Gasteiger partial charge on any atom is 0.335 e. The van der Waals surface area contributed by atoms with Gasteiger partial charge < -0.3 is 30.7 Å². The number of aromatic nitrogens is 4. The lowest BCUT2D eigenvalue weighted by Crippen LogP contribution is -2.42. The maximum atomic E-state index is 13.1. The van der Waals surface area contributed by atoms with Gasteiger partial charge in [-0.2, -0.15) is 4.98 Å². The molecule has 3 rings (SSSR count). The summed E-state index contributed by atoms with van der Waals surface area (Å²) in [5.74, 6) is -2.66. The predicted octanol–water partition coefficient (Wildman–Crippen LogP) is 0.0956. The molecule has 2 heterocycles. The van der Waals surface area contributed by atoms with E-state index < -0.39 is 40.1 Å². The van der Waals surface area contributed by atoms with Crippen molar-refractivity contribution in [2.45, 2.75) is 19.0 Å². The molecule has 5 N–H and O–H groups in total. The Morgan fingerprint density at radius 1 is 1.22 bits per heavy atom. The number of nitrogen functional groups attached to an aromatic ring is 1. The first-order valence-electron chi connectivity index (χ1n) is 11.8. The van der Waals surface area contributed by atoms with E-state index in [0.717, 1.165) is 20.3 Å². The molecule has 1 unspecified atom stereocenters. The van der Waals surface area contributed by atoms with Gasteiger partial charge in [-0.1, -0.05) is 0 Å². The van der Waals surface area contributed by atoms with Gasteiger partial charge in [-0.15, -0.1) is 0 Å². The van der Waals surface area contributed by atoms with Gasteiger partial charge in [-0.05, 0) is 12.1 Å². The quantitative estimate of drug-likeness (QED) is 0.104. The number of nitrogens with zero attached hydrogens (tertiary/aromatic N) is 5. The first-order valence-corrected chi connectivity index (χ1v) is 11.8. The number of hydrogen-bond acceptors (Lipinski definition) is 14. The van der Waals surface area contributed by atoms with Crippen LogP contribution in [-0.4, -0.2) is 82.0 Å². The minimum absolute atomic E-state index is 0.0222. The zero-order chi connectivity index (χ0) is 30.3. The number of amides is 1. The van der Waals surface area contributed by atoms with Gasteiger partial charge in [0, 0.05) is 38.5 Å². The average Bonchev–Trinajstić information content (AvgIpc) is 2.93. The minimum Gasteiger partial charge on any atom is -0.467 e. The predicted molar refractivity (Wildman–Crippen MR) is 144 cm³/mol. The number of nitro groups is 1. The molecule has 1 amide bonds. The average molecular weight is 570 g/mol. The summed E-state index contributed by atoms with van der Waals surface area (Å²) in [5.41, 5.74) is 4.68. The Kier molecular flexibility index (Phi) is 9.46. The van der Waals surface area contributed by atoms with Crippen LogP contribution < -0.4 is 21.9 Å². The number of methoxy groups -OCH3 is 2. The van der Waals surface area contributed by atoms with Crippen LogP contribution in [-0.2, 0) is 25.6 Å². The molecule has 0 spiro atoms. The molecule has 2 aromatic heterocycles. The van der Waals surface area contributed by atoms with Crippen molar-refractivity contribution in [3.8, 4) is 0 Å². The van der Waals surface area contributed by atoms with Crippen molar-refractivity contribution in [2.75, 3.05) is 39.4 Å². The minimum atomic E-state index is -1.35. The Hall–Kier alpha value is -5.61. The molecule has 0 bridgehead atoms. The summed E-state index contributed by atoms with van der Waals surface area (Å²) in [5, 5.41) is 17.1. The molecule has 1 aromatic carbocycles. The van der Waals surface area contributed by atoms with Crippen LogP contribution in [0.4, 0.5) is 17.3 Å². The van der Waals surface area contributed by atoms with Gasteiger partial charge in [0.15, 0.2) is 11.2 Å². The Balaban J connectivity index is 1.82. The van der Waals surface area contributed by atoms with Crippen LogP contribution in [0.3, 0.4) is 0 Å². The Bertz CT molecular complexity index is 1590. The highest BCUT2D eigenvalue weighted by Gasteiger charge is 2.29. The molecule has 41 heavy (non-hydrogen) atoms. The third-order valence-corrected chi connectivity index (χ3v) is 5.48. The van der Waals surface area contributed by atoms with Crippen LogP contribution in [0.25, 0.3) is 11.2 Å². The first-order chi connectivity index (χ1) is 19.4. The number of aromatic amines is 1. The molecule has 0 aliphatic rings. The molecule has 0 fully saturated rings. The van der Waals surface area contributed by atoms with E-state index in [1.165, 1.54) is 24.5 Å². The van der Waals surface area contributed by atoms with E-state index in [9.17, 15) is 29.3 Å². The van der Waals surface area contributed by atoms with Crippen LogP contribution in [0.1, 0.15) is 22.5 Å². The summed E-state index contributed by atoms with van der Waals surface area (Å²) in [7, 11) is 5.55. The van der Waals surface area contributed by atoms with Crippen molar-refractivity contribution in [1.82, 2.24) is 30.2 Å². The molecule has 0 saturated carbocycles. The van der Waals surface area contributed by atoms with Crippen LogP contribution in [0.5, 0.6) is 0 Å². The Morgan fingerprint density at radius 3 is 2.59 bits per heavy atom. The van der Waals surface area contributed by atoms with Crippen LogP contribution in [0, 0.1) is 10.1 Å². The topological polar surface area (TPSA) is 238 Å². The van der Waals surface area contributed by atoms with Crippen molar-refractivity contribution in [3.05, 3.63) is 67.9 Å². The van der Waals surface area contributed by atoms with Gasteiger partial charge in [-0.3, -0.25) is 24.7 Å². The van der Waals surface area contributed by atoms with Gasteiger partial charge in [0.25, 0.3) is 17.2 Å². The molecule has 17 heteroatoms. The van der Waals surface area contributed by atoms with E-state index in [-0.39, 0.29) is 46.9 Å². The molecule has 216 valence electrons. The molecule has 0 aliphatic carbocycles. The highest BCUT2D eigenvalue weighted by molar-refractivity contribution is 6.01.